The summed E-state index contributed by atoms with van der Waals surface area (Å²) >= 11 is 0. The van der Waals surface area contributed by atoms with E-state index >= 15 is 0 Å². The lowest BCUT2D eigenvalue weighted by Gasteiger charge is -2.24. The first-order chi connectivity index (χ1) is 25.0. The number of unbranched alkanes of at least 4 members (excludes halogenated alkanes) is 20. The number of likely N-dealkylation sites (N-methyl/N-ethyl adjacent to an activating group) is 1. The van der Waals surface area contributed by atoms with E-state index in [1.54, 1.807) is 0 Å². The summed E-state index contributed by atoms with van der Waals surface area (Å²) < 4.78 is 34.2. The van der Waals surface area contributed by atoms with Crippen molar-refractivity contribution in [3.8, 4) is 0 Å². The number of carbonyl (C=O) groups excluding carboxylic acids is 2. The third-order valence-electron chi connectivity index (χ3n) is 8.98. The molecule has 0 spiro atoms. The molecule has 0 aromatic carbocycles. The molecule has 0 aromatic rings. The maximum absolute atomic E-state index is 12.6. The van der Waals surface area contributed by atoms with Crippen molar-refractivity contribution in [2.24, 2.45) is 0 Å². The van der Waals surface area contributed by atoms with Crippen molar-refractivity contribution in [2.45, 2.75) is 187 Å². The van der Waals surface area contributed by atoms with Crippen LogP contribution in [0.5, 0.6) is 0 Å². The number of carbonyl (C=O) groups is 2. The van der Waals surface area contributed by atoms with Gasteiger partial charge in [0.15, 0.2) is 6.10 Å². The second kappa shape index (κ2) is 35.2. The molecule has 10 heteroatoms. The fourth-order valence-corrected chi connectivity index (χ4v) is 6.36. The molecule has 0 amide bonds. The Morgan fingerprint density at radius 3 is 1.58 bits per heavy atom. The number of ether oxygens (including phenoxy) is 2. The van der Waals surface area contributed by atoms with Gasteiger partial charge >= 0.3 is 19.8 Å². The first-order valence-electron chi connectivity index (χ1n) is 21.1. The Morgan fingerprint density at radius 2 is 1.06 bits per heavy atom. The molecule has 9 nitrogen and oxygen atoms in total. The average Bonchev–Trinajstić information content (AvgIpc) is 3.09. The lowest BCUT2D eigenvalue weighted by atomic mass is 10.0. The van der Waals surface area contributed by atoms with Gasteiger partial charge in [0.25, 0.3) is 0 Å². The molecule has 0 aromatic heterocycles. The van der Waals surface area contributed by atoms with Crippen LogP contribution in [0.4, 0.5) is 0 Å². The summed E-state index contributed by atoms with van der Waals surface area (Å²) in [6.07, 6.45) is 36.4. The third-order valence-corrected chi connectivity index (χ3v) is 9.97. The first kappa shape index (κ1) is 50.5. The largest absolute Gasteiger partial charge is 0.472 e. The predicted molar refractivity (Wildman–Crippen MR) is 215 cm³/mol. The summed E-state index contributed by atoms with van der Waals surface area (Å²) in [5.74, 6) is -0.810. The molecule has 0 aliphatic rings. The molecule has 0 aliphatic carbocycles. The van der Waals surface area contributed by atoms with Gasteiger partial charge in [-0.3, -0.25) is 18.6 Å². The molecule has 1 N–H and O–H groups in total. The molecule has 0 aliphatic heterocycles. The molecule has 0 bridgehead atoms. The SMILES string of the molecule is CCCC/C=C/C/C=C/CCCCCCCC(=O)O[C@H](COC(=O)CCCCCCCCCCCCCCCC)COP(=O)(O)OCC[N+](C)(C)C. The van der Waals surface area contributed by atoms with Crippen molar-refractivity contribution in [3.63, 3.8) is 0 Å². The number of nitrogens with zero attached hydrogens (tertiary/aromatic N) is 1. The number of rotatable bonds is 38. The van der Waals surface area contributed by atoms with E-state index in [2.05, 4.69) is 38.2 Å². The maximum atomic E-state index is 12.6. The van der Waals surface area contributed by atoms with Crippen LogP contribution in [0.3, 0.4) is 0 Å². The predicted octanol–water partition coefficient (Wildman–Crippen LogP) is 11.6. The van der Waals surface area contributed by atoms with Gasteiger partial charge in [0.2, 0.25) is 0 Å². The summed E-state index contributed by atoms with van der Waals surface area (Å²) in [6, 6.07) is 0. The van der Waals surface area contributed by atoms with Crippen LogP contribution in [-0.4, -0.2) is 74.9 Å². The Morgan fingerprint density at radius 1 is 0.596 bits per heavy atom. The molecule has 0 heterocycles. The third kappa shape index (κ3) is 38.2. The van der Waals surface area contributed by atoms with E-state index in [1.165, 1.54) is 83.5 Å². The van der Waals surface area contributed by atoms with Gasteiger partial charge in [0.1, 0.15) is 19.8 Å². The Hall–Kier alpha value is -1.51. The van der Waals surface area contributed by atoms with E-state index in [0.29, 0.717) is 17.4 Å². The topological polar surface area (TPSA) is 108 Å². The molecule has 1 unspecified atom stereocenters. The van der Waals surface area contributed by atoms with Crippen LogP contribution in [0.25, 0.3) is 0 Å². The highest BCUT2D eigenvalue weighted by Crippen LogP contribution is 2.43. The minimum absolute atomic E-state index is 0.0304. The van der Waals surface area contributed by atoms with Crippen LogP contribution in [0.2, 0.25) is 0 Å². The van der Waals surface area contributed by atoms with Gasteiger partial charge in [-0.2, -0.15) is 0 Å². The Kier molecular flexibility index (Phi) is 34.2. The molecule has 0 saturated carbocycles. The fraction of sp³-hybridized carbons (Fsp3) is 0.857. The van der Waals surface area contributed by atoms with E-state index in [0.717, 1.165) is 64.2 Å². The van der Waals surface area contributed by atoms with Crippen molar-refractivity contribution in [1.29, 1.82) is 0 Å². The minimum atomic E-state index is -4.37. The average molecular weight is 759 g/mol. The van der Waals surface area contributed by atoms with E-state index < -0.39 is 26.5 Å². The Bertz CT molecular complexity index is 949. The van der Waals surface area contributed by atoms with E-state index in [4.69, 9.17) is 18.5 Å². The lowest BCUT2D eigenvalue weighted by molar-refractivity contribution is -0.870. The van der Waals surface area contributed by atoms with Crippen LogP contribution in [0.15, 0.2) is 24.3 Å². The van der Waals surface area contributed by atoms with E-state index in [-0.39, 0.29) is 32.0 Å². The zero-order chi connectivity index (χ0) is 38.6. The quantitative estimate of drug-likeness (QED) is 0.0218. The number of hydrogen-bond acceptors (Lipinski definition) is 7. The lowest BCUT2D eigenvalue weighted by Crippen LogP contribution is -2.37. The second-order valence-electron chi connectivity index (χ2n) is 15.4. The molecule has 0 radical (unpaired) electrons. The van der Waals surface area contributed by atoms with E-state index in [1.807, 2.05) is 21.1 Å². The minimum Gasteiger partial charge on any atom is -0.462 e. The van der Waals surface area contributed by atoms with E-state index in [9.17, 15) is 19.0 Å². The van der Waals surface area contributed by atoms with Crippen LogP contribution in [-0.2, 0) is 32.7 Å². The van der Waals surface area contributed by atoms with Crippen molar-refractivity contribution in [2.75, 3.05) is 47.5 Å². The van der Waals surface area contributed by atoms with Gasteiger partial charge in [0.05, 0.1) is 27.7 Å². The maximum Gasteiger partial charge on any atom is 0.472 e. The van der Waals surface area contributed by atoms with Crippen molar-refractivity contribution >= 4 is 19.8 Å². The first-order valence-corrected chi connectivity index (χ1v) is 22.6. The van der Waals surface area contributed by atoms with Crippen molar-refractivity contribution in [1.82, 2.24) is 0 Å². The fourth-order valence-electron chi connectivity index (χ4n) is 5.62. The van der Waals surface area contributed by atoms with Gasteiger partial charge in [-0.1, -0.05) is 154 Å². The Labute approximate surface area is 319 Å². The summed E-state index contributed by atoms with van der Waals surface area (Å²) in [6.45, 7) is 4.37. The number of quaternary nitrogens is 1. The van der Waals surface area contributed by atoms with Crippen LogP contribution < -0.4 is 0 Å². The van der Waals surface area contributed by atoms with Gasteiger partial charge in [-0.05, 0) is 38.5 Å². The zero-order valence-electron chi connectivity index (χ0n) is 34.3. The highest BCUT2D eigenvalue weighted by Gasteiger charge is 2.27. The molecule has 52 heavy (non-hydrogen) atoms. The van der Waals surface area contributed by atoms with Gasteiger partial charge < -0.3 is 18.9 Å². The summed E-state index contributed by atoms with van der Waals surface area (Å²) in [5, 5.41) is 0. The highest BCUT2D eigenvalue weighted by molar-refractivity contribution is 7.47. The monoisotopic (exact) mass is 759 g/mol. The number of allylic oxidation sites excluding steroid dienone is 4. The smallest absolute Gasteiger partial charge is 0.462 e. The summed E-state index contributed by atoms with van der Waals surface area (Å²) in [4.78, 5) is 35.3. The molecular formula is C42H81NO8P+. The van der Waals surface area contributed by atoms with Crippen molar-refractivity contribution in [3.05, 3.63) is 24.3 Å². The number of phosphoric acid groups is 1. The van der Waals surface area contributed by atoms with Crippen LogP contribution >= 0.6 is 7.82 Å². The van der Waals surface area contributed by atoms with Gasteiger partial charge in [-0.15, -0.1) is 0 Å². The molecule has 0 rings (SSSR count). The normalized spacial score (nSPS) is 13.9. The highest BCUT2D eigenvalue weighted by atomic mass is 31.2. The molecular weight excluding hydrogens is 677 g/mol. The summed E-state index contributed by atoms with van der Waals surface area (Å²) in [7, 11) is 1.47. The second-order valence-corrected chi connectivity index (χ2v) is 16.8. The molecule has 2 atom stereocenters. The zero-order valence-corrected chi connectivity index (χ0v) is 35.2. The standard InChI is InChI=1S/C42H80NO8P/c1-6-8-10-12-14-16-18-20-22-24-26-28-30-32-34-41(44)48-38-40(39-50-52(46,47)49-37-36-43(3,4)5)51-42(45)35-33-31-29-27-25-23-21-19-17-15-13-11-9-7-2/h13,15,19,21,40H,6-12,14,16-18,20,22-39H2,1-5H3/p+1/b15-13+,21-19+/t40-/m1/s1. The molecule has 0 saturated heterocycles. The number of esters is 2. The number of hydrogen-bond donors (Lipinski definition) is 1. The summed E-state index contributed by atoms with van der Waals surface area (Å²) in [5.41, 5.74) is 0. The van der Waals surface area contributed by atoms with Crippen molar-refractivity contribution < 1.29 is 42.1 Å². The van der Waals surface area contributed by atoms with Crippen LogP contribution in [0, 0.1) is 0 Å². The number of phosphoric ester groups is 1. The molecule has 0 fully saturated rings. The van der Waals surface area contributed by atoms with Gasteiger partial charge in [0, 0.05) is 12.8 Å². The Balaban J connectivity index is 4.40. The van der Waals surface area contributed by atoms with Crippen LogP contribution in [0.1, 0.15) is 181 Å². The molecule has 306 valence electrons. The van der Waals surface area contributed by atoms with Gasteiger partial charge in [-0.25, -0.2) is 4.57 Å².